The van der Waals surface area contributed by atoms with Gasteiger partial charge in [-0.15, -0.1) is 0 Å². The summed E-state index contributed by atoms with van der Waals surface area (Å²) in [5, 5.41) is 0. The number of Topliss-reactive ketones (excluding diaryl/α,β-unsaturated/α-hetero) is 2. The van der Waals surface area contributed by atoms with Gasteiger partial charge in [-0.1, -0.05) is 12.1 Å². The second-order valence-electron chi connectivity index (χ2n) is 4.12. The van der Waals surface area contributed by atoms with Gasteiger partial charge in [-0.25, -0.2) is 0 Å². The van der Waals surface area contributed by atoms with Gasteiger partial charge in [-0.2, -0.15) is 0 Å². The van der Waals surface area contributed by atoms with Gasteiger partial charge in [-0.05, 0) is 31.5 Å². The van der Waals surface area contributed by atoms with Crippen LogP contribution >= 0.6 is 0 Å². The highest BCUT2D eigenvalue weighted by molar-refractivity contribution is 6.03. The van der Waals surface area contributed by atoms with Gasteiger partial charge < -0.3 is 9.47 Å². The number of ether oxygens (including phenoxy) is 2. The Morgan fingerprint density at radius 2 is 1.58 bits per heavy atom. The van der Waals surface area contributed by atoms with Crippen LogP contribution in [0, 0.1) is 0 Å². The Kier molecular flexibility index (Phi) is 5.23. The van der Waals surface area contributed by atoms with Gasteiger partial charge in [0.25, 0.3) is 0 Å². The summed E-state index contributed by atoms with van der Waals surface area (Å²) in [6, 6.07) is 6.58. The number of hydrogen-bond acceptors (Lipinski definition) is 5. The lowest BCUT2D eigenvalue weighted by Gasteiger charge is -2.13. The fraction of sp³-hybridized carbons (Fsp3) is 0.357. The third kappa shape index (κ3) is 4.54. The van der Waals surface area contributed by atoms with Crippen LogP contribution in [-0.2, 0) is 25.5 Å². The lowest BCUT2D eigenvalue weighted by Crippen LogP contribution is -2.32. The molecule has 0 atom stereocenters. The third-order valence-corrected chi connectivity index (χ3v) is 2.49. The highest BCUT2D eigenvalue weighted by atomic mass is 16.5. The molecule has 5 nitrogen and oxygen atoms in total. The minimum absolute atomic E-state index is 0.166. The highest BCUT2D eigenvalue weighted by Crippen LogP contribution is 2.15. The smallest absolute Gasteiger partial charge is 0.309 e. The lowest BCUT2D eigenvalue weighted by atomic mass is 10.1. The zero-order valence-corrected chi connectivity index (χ0v) is 11.1. The molecular weight excluding hydrogens is 248 g/mol. The second-order valence-corrected chi connectivity index (χ2v) is 4.12. The van der Waals surface area contributed by atoms with E-state index in [1.165, 1.54) is 21.0 Å². The molecular formula is C14H16O5. The summed E-state index contributed by atoms with van der Waals surface area (Å²) >= 11 is 0. The molecule has 0 unspecified atom stereocenters. The van der Waals surface area contributed by atoms with E-state index in [2.05, 4.69) is 4.74 Å². The molecule has 5 heteroatoms. The average molecular weight is 264 g/mol. The largest absolute Gasteiger partial charge is 0.475 e. The normalized spacial score (nSPS) is 10.1. The van der Waals surface area contributed by atoms with E-state index in [1.54, 1.807) is 24.3 Å². The quantitative estimate of drug-likeness (QED) is 0.572. The van der Waals surface area contributed by atoms with E-state index in [9.17, 15) is 14.4 Å². The van der Waals surface area contributed by atoms with Crippen molar-refractivity contribution in [2.45, 2.75) is 26.4 Å². The monoisotopic (exact) mass is 264 g/mol. The van der Waals surface area contributed by atoms with E-state index < -0.39 is 6.10 Å². The molecule has 0 aromatic heterocycles. The summed E-state index contributed by atoms with van der Waals surface area (Å²) in [5.41, 5.74) is 0.765. The molecule has 1 aromatic carbocycles. The summed E-state index contributed by atoms with van der Waals surface area (Å²) in [5.74, 6) is -0.611. The Bertz CT molecular complexity index is 461. The molecule has 0 aliphatic rings. The molecule has 0 radical (unpaired) electrons. The van der Waals surface area contributed by atoms with Crippen LogP contribution in [0.4, 0.5) is 0 Å². The fourth-order valence-corrected chi connectivity index (χ4v) is 1.51. The van der Waals surface area contributed by atoms with Gasteiger partial charge in [0.1, 0.15) is 5.75 Å². The number of benzene rings is 1. The molecule has 0 amide bonds. The molecule has 0 saturated carbocycles. The maximum Gasteiger partial charge on any atom is 0.309 e. The third-order valence-electron chi connectivity index (χ3n) is 2.49. The van der Waals surface area contributed by atoms with E-state index in [1.807, 2.05) is 0 Å². The van der Waals surface area contributed by atoms with Gasteiger partial charge in [-0.3, -0.25) is 14.4 Å². The molecule has 102 valence electrons. The molecule has 1 rings (SSSR count). The predicted molar refractivity (Wildman–Crippen MR) is 67.9 cm³/mol. The summed E-state index contributed by atoms with van der Waals surface area (Å²) in [6.07, 6.45) is -0.911. The minimum atomic E-state index is -1.08. The first-order valence-electron chi connectivity index (χ1n) is 5.77. The molecule has 0 N–H and O–H groups in total. The number of hydrogen-bond donors (Lipinski definition) is 0. The lowest BCUT2D eigenvalue weighted by molar-refractivity contribution is -0.140. The van der Waals surface area contributed by atoms with Gasteiger partial charge in [0.15, 0.2) is 11.6 Å². The molecule has 0 aliphatic heterocycles. The van der Waals surface area contributed by atoms with Crippen LogP contribution in [0.1, 0.15) is 19.4 Å². The first-order chi connectivity index (χ1) is 8.93. The van der Waals surface area contributed by atoms with Crippen LogP contribution in [0.2, 0.25) is 0 Å². The van der Waals surface area contributed by atoms with Crippen LogP contribution < -0.4 is 4.74 Å². The van der Waals surface area contributed by atoms with Crippen molar-refractivity contribution in [3.8, 4) is 5.75 Å². The van der Waals surface area contributed by atoms with Crippen LogP contribution in [0.15, 0.2) is 24.3 Å². The summed E-state index contributed by atoms with van der Waals surface area (Å²) in [6.45, 7) is 2.61. The van der Waals surface area contributed by atoms with Gasteiger partial charge in [0, 0.05) is 0 Å². The highest BCUT2D eigenvalue weighted by Gasteiger charge is 2.21. The second kappa shape index (κ2) is 6.68. The van der Waals surface area contributed by atoms with Crippen molar-refractivity contribution in [2.24, 2.45) is 0 Å². The zero-order valence-electron chi connectivity index (χ0n) is 11.1. The number of carbonyl (C=O) groups is 3. The van der Waals surface area contributed by atoms with Crippen molar-refractivity contribution in [2.75, 3.05) is 7.11 Å². The van der Waals surface area contributed by atoms with Crippen LogP contribution in [-0.4, -0.2) is 30.7 Å². The van der Waals surface area contributed by atoms with Crippen molar-refractivity contribution in [1.29, 1.82) is 0 Å². The number of ketones is 2. The number of methoxy groups -OCH3 is 1. The Balaban J connectivity index is 2.73. The summed E-state index contributed by atoms with van der Waals surface area (Å²) < 4.78 is 9.86. The average Bonchev–Trinajstić information content (AvgIpc) is 2.36. The van der Waals surface area contributed by atoms with Crippen molar-refractivity contribution >= 4 is 17.5 Å². The number of carbonyl (C=O) groups excluding carboxylic acids is 3. The Morgan fingerprint density at radius 3 is 2.00 bits per heavy atom. The van der Waals surface area contributed by atoms with Crippen molar-refractivity contribution in [1.82, 2.24) is 0 Å². The van der Waals surface area contributed by atoms with Crippen molar-refractivity contribution in [3.05, 3.63) is 29.8 Å². The molecule has 0 aliphatic carbocycles. The fourth-order valence-electron chi connectivity index (χ4n) is 1.51. The van der Waals surface area contributed by atoms with Crippen LogP contribution in [0.25, 0.3) is 0 Å². The SMILES string of the molecule is COC(=O)Cc1ccc(OC(C(C)=O)C(C)=O)cc1. The maximum absolute atomic E-state index is 11.2. The van der Waals surface area contributed by atoms with Crippen LogP contribution in [0.3, 0.4) is 0 Å². The topological polar surface area (TPSA) is 69.7 Å². The van der Waals surface area contributed by atoms with Gasteiger partial charge >= 0.3 is 5.97 Å². The van der Waals surface area contributed by atoms with E-state index in [-0.39, 0.29) is 24.0 Å². The van der Waals surface area contributed by atoms with E-state index in [0.29, 0.717) is 5.75 Å². The molecule has 1 aromatic rings. The standard InChI is InChI=1S/C14H16O5/c1-9(15)14(10(2)16)19-12-6-4-11(5-7-12)8-13(17)18-3/h4-7,14H,8H2,1-3H3. The first-order valence-corrected chi connectivity index (χ1v) is 5.77. The molecule has 0 fully saturated rings. The maximum atomic E-state index is 11.2. The van der Waals surface area contributed by atoms with E-state index in [4.69, 9.17) is 4.74 Å². The summed E-state index contributed by atoms with van der Waals surface area (Å²) in [7, 11) is 1.32. The van der Waals surface area contributed by atoms with Crippen molar-refractivity contribution in [3.63, 3.8) is 0 Å². The number of rotatable bonds is 6. The molecule has 0 bridgehead atoms. The van der Waals surface area contributed by atoms with Crippen molar-refractivity contribution < 1.29 is 23.9 Å². The Labute approximate surface area is 111 Å². The zero-order chi connectivity index (χ0) is 14.4. The van der Waals surface area contributed by atoms with Gasteiger partial charge in [0.05, 0.1) is 13.5 Å². The molecule has 19 heavy (non-hydrogen) atoms. The Hall–Kier alpha value is -2.17. The van der Waals surface area contributed by atoms with Crippen LogP contribution in [0.5, 0.6) is 5.75 Å². The van der Waals surface area contributed by atoms with Gasteiger partial charge in [0.2, 0.25) is 6.10 Å². The summed E-state index contributed by atoms with van der Waals surface area (Å²) in [4.78, 5) is 33.5. The molecule has 0 saturated heterocycles. The number of esters is 1. The Morgan fingerprint density at radius 1 is 1.05 bits per heavy atom. The first kappa shape index (κ1) is 14.9. The minimum Gasteiger partial charge on any atom is -0.475 e. The molecule has 0 spiro atoms. The van der Waals surface area contributed by atoms with E-state index >= 15 is 0 Å². The predicted octanol–water partition coefficient (Wildman–Crippen LogP) is 1.33. The molecule has 0 heterocycles. The van der Waals surface area contributed by atoms with E-state index in [0.717, 1.165) is 5.56 Å².